The van der Waals surface area contributed by atoms with E-state index in [4.69, 9.17) is 9.47 Å². The number of nitrogens with zero attached hydrogens (tertiary/aromatic N) is 4. The van der Waals surface area contributed by atoms with Crippen molar-refractivity contribution in [3.8, 4) is 0 Å². The van der Waals surface area contributed by atoms with E-state index in [2.05, 4.69) is 20.6 Å². The Kier molecular flexibility index (Phi) is 11.4. The number of likely N-dealkylation sites (tertiary alicyclic amines) is 1. The monoisotopic (exact) mass is 726 g/mol. The van der Waals surface area contributed by atoms with Gasteiger partial charge in [-0.25, -0.2) is 13.6 Å². The van der Waals surface area contributed by atoms with Gasteiger partial charge in [0.15, 0.2) is 5.69 Å². The molecule has 0 spiro atoms. The Hall–Kier alpha value is -4.24. The third-order valence-corrected chi connectivity index (χ3v) is 10.3. The van der Waals surface area contributed by atoms with Gasteiger partial charge in [0.2, 0.25) is 11.8 Å². The number of anilines is 1. The maximum atomic E-state index is 13.7. The van der Waals surface area contributed by atoms with Crippen molar-refractivity contribution in [3.63, 3.8) is 0 Å². The number of carbonyl (C=O) groups is 5. The fraction of sp³-hybridized carbons (Fsp3) is 0.622. The molecule has 3 fully saturated rings. The Labute approximate surface area is 301 Å². The van der Waals surface area contributed by atoms with Gasteiger partial charge in [0.25, 0.3) is 18.2 Å². The number of carbonyl (C=O) groups excluding carboxylic acids is 5. The average Bonchev–Trinajstić information content (AvgIpc) is 3.62. The van der Waals surface area contributed by atoms with Crippen LogP contribution in [0.1, 0.15) is 123 Å². The minimum Gasteiger partial charge on any atom is -0.444 e. The molecule has 13 nitrogen and oxygen atoms in total. The predicted molar refractivity (Wildman–Crippen MR) is 185 cm³/mol. The average molecular weight is 727 g/mol. The van der Waals surface area contributed by atoms with Crippen molar-refractivity contribution in [2.45, 2.75) is 115 Å². The lowest BCUT2D eigenvalue weighted by atomic mass is 9.85. The van der Waals surface area contributed by atoms with Gasteiger partial charge in [-0.05, 0) is 96.1 Å². The number of halogens is 2. The van der Waals surface area contributed by atoms with Crippen LogP contribution in [-0.2, 0) is 25.5 Å². The summed E-state index contributed by atoms with van der Waals surface area (Å²) in [6, 6.07) is 4.19. The first-order valence-corrected chi connectivity index (χ1v) is 18.3. The Morgan fingerprint density at radius 2 is 1.75 bits per heavy atom. The van der Waals surface area contributed by atoms with E-state index in [9.17, 15) is 32.8 Å². The van der Waals surface area contributed by atoms with E-state index in [0.717, 1.165) is 68.6 Å². The van der Waals surface area contributed by atoms with Crippen LogP contribution >= 0.6 is 0 Å². The molecule has 0 bridgehead atoms. The first kappa shape index (κ1) is 37.5. The Balaban J connectivity index is 0.911. The fourth-order valence-electron chi connectivity index (χ4n) is 7.79. The van der Waals surface area contributed by atoms with E-state index >= 15 is 0 Å². The number of amides is 5. The van der Waals surface area contributed by atoms with E-state index in [1.165, 1.54) is 6.20 Å². The number of nitrogens with one attached hydrogen (secondary N) is 2. The highest BCUT2D eigenvalue weighted by Gasteiger charge is 2.45. The Morgan fingerprint density at radius 1 is 1.02 bits per heavy atom. The summed E-state index contributed by atoms with van der Waals surface area (Å²) in [5.41, 5.74) is 0.145. The highest BCUT2D eigenvalue weighted by Crippen LogP contribution is 2.36. The molecule has 2 saturated heterocycles. The van der Waals surface area contributed by atoms with Crippen LogP contribution in [0.4, 0.5) is 19.3 Å². The van der Waals surface area contributed by atoms with Crippen molar-refractivity contribution < 1.29 is 42.2 Å². The van der Waals surface area contributed by atoms with Crippen LogP contribution in [0.3, 0.4) is 0 Å². The molecule has 5 amide bonds. The molecule has 15 heteroatoms. The molecule has 2 N–H and O–H groups in total. The Morgan fingerprint density at radius 3 is 2.42 bits per heavy atom. The van der Waals surface area contributed by atoms with Gasteiger partial charge in [-0.1, -0.05) is 12.1 Å². The summed E-state index contributed by atoms with van der Waals surface area (Å²) in [5, 5.41) is 8.81. The summed E-state index contributed by atoms with van der Waals surface area (Å²) in [6.45, 7) is 8.48. The zero-order valence-electron chi connectivity index (χ0n) is 30.0. The summed E-state index contributed by atoms with van der Waals surface area (Å²) < 4.78 is 40.5. The lowest BCUT2D eigenvalue weighted by molar-refractivity contribution is -0.136. The van der Waals surface area contributed by atoms with Gasteiger partial charge < -0.3 is 14.4 Å². The maximum absolute atomic E-state index is 13.7. The minimum atomic E-state index is -2.82. The van der Waals surface area contributed by atoms with Crippen molar-refractivity contribution in [3.05, 3.63) is 46.8 Å². The van der Waals surface area contributed by atoms with E-state index in [-0.39, 0.29) is 36.2 Å². The van der Waals surface area contributed by atoms with Crippen molar-refractivity contribution in [2.75, 3.05) is 31.6 Å². The summed E-state index contributed by atoms with van der Waals surface area (Å²) >= 11 is 0. The summed E-state index contributed by atoms with van der Waals surface area (Å²) in [7, 11) is 0. The van der Waals surface area contributed by atoms with Crippen LogP contribution in [0.5, 0.6) is 0 Å². The largest absolute Gasteiger partial charge is 0.444 e. The number of piperidine rings is 2. The normalized spacial score (nSPS) is 23.3. The first-order chi connectivity index (χ1) is 24.8. The molecule has 282 valence electrons. The standard InChI is InChI=1S/C37H48F2N6O7/c1-37(2,3)52-36(50)40-27-21-44(42-31(27)32(38)39)24-11-9-22(10-12-24)20-43-17-15-25(16-18-43)51-19-5-7-23-6-4-8-26-30(23)35(49)45(34(26)48)28-13-14-29(46)41-33(28)47/h4,6,8,21-22,24-25,28,32H,5,7,9-20H2,1-3H3,(H,40,50)(H,41,46,47). The van der Waals surface area contributed by atoms with E-state index in [1.807, 2.05) is 6.07 Å². The van der Waals surface area contributed by atoms with Crippen LogP contribution in [0.25, 0.3) is 0 Å². The maximum Gasteiger partial charge on any atom is 0.412 e. The number of rotatable bonds is 11. The van der Waals surface area contributed by atoms with Gasteiger partial charge >= 0.3 is 6.09 Å². The number of aryl methyl sites for hydroxylation is 1. The molecule has 1 atom stereocenters. The number of aromatic nitrogens is 2. The van der Waals surface area contributed by atoms with Crippen LogP contribution in [0.15, 0.2) is 24.4 Å². The first-order valence-electron chi connectivity index (χ1n) is 18.3. The van der Waals surface area contributed by atoms with Crippen LogP contribution in [0.2, 0.25) is 0 Å². The second-order valence-corrected chi connectivity index (χ2v) is 15.3. The molecule has 0 radical (unpaired) electrons. The van der Waals surface area contributed by atoms with Crippen LogP contribution in [-0.4, -0.2) is 93.3 Å². The van der Waals surface area contributed by atoms with Gasteiger partial charge in [-0.2, -0.15) is 5.10 Å². The molecule has 6 rings (SSSR count). The van der Waals surface area contributed by atoms with E-state index < -0.39 is 53.5 Å². The lowest BCUT2D eigenvalue weighted by Gasteiger charge is -2.36. The smallest absolute Gasteiger partial charge is 0.412 e. The predicted octanol–water partition coefficient (Wildman–Crippen LogP) is 5.41. The number of benzene rings is 1. The number of alkyl halides is 2. The molecule has 4 heterocycles. The highest BCUT2D eigenvalue weighted by molar-refractivity contribution is 6.24. The zero-order valence-corrected chi connectivity index (χ0v) is 30.0. The van der Waals surface area contributed by atoms with Gasteiger partial charge in [0, 0.05) is 38.9 Å². The molecular formula is C37H48F2N6O7. The molecule has 1 aromatic heterocycles. The Bertz CT molecular complexity index is 1670. The highest BCUT2D eigenvalue weighted by atomic mass is 19.3. The second kappa shape index (κ2) is 15.8. The summed E-state index contributed by atoms with van der Waals surface area (Å²) in [6.07, 6.45) is 4.84. The number of hydrogen-bond acceptors (Lipinski definition) is 9. The van der Waals surface area contributed by atoms with Crippen LogP contribution in [0, 0.1) is 5.92 Å². The number of imide groups is 2. The lowest BCUT2D eigenvalue weighted by Crippen LogP contribution is -2.54. The molecule has 1 aliphatic carbocycles. The molecule has 2 aromatic rings. The summed E-state index contributed by atoms with van der Waals surface area (Å²) in [4.78, 5) is 66.1. The topological polar surface area (TPSA) is 152 Å². The SMILES string of the molecule is CC(C)(C)OC(=O)Nc1cn(C2CCC(CN3CCC(OCCCc4cccc5c4C(=O)N(C4CCC(=O)NC4=O)C5=O)CC3)CC2)nc1C(F)F. The number of ether oxygens (including phenoxy) is 2. The molecule has 52 heavy (non-hydrogen) atoms. The van der Waals surface area contributed by atoms with Crippen molar-refractivity contribution in [1.29, 1.82) is 0 Å². The molecule has 1 aromatic carbocycles. The van der Waals surface area contributed by atoms with Gasteiger partial charge in [-0.3, -0.25) is 39.4 Å². The third kappa shape index (κ3) is 8.68. The third-order valence-electron chi connectivity index (χ3n) is 10.3. The number of hydrogen-bond donors (Lipinski definition) is 2. The quantitative estimate of drug-likeness (QED) is 0.229. The van der Waals surface area contributed by atoms with Gasteiger partial charge in [0.1, 0.15) is 11.6 Å². The molecule has 4 aliphatic rings. The van der Waals surface area contributed by atoms with Gasteiger partial charge in [0.05, 0.1) is 29.0 Å². The van der Waals surface area contributed by atoms with E-state index in [1.54, 1.807) is 37.6 Å². The molecule has 1 saturated carbocycles. The fourth-order valence-corrected chi connectivity index (χ4v) is 7.79. The van der Waals surface area contributed by atoms with Crippen molar-refractivity contribution >= 4 is 35.4 Å². The molecule has 3 aliphatic heterocycles. The van der Waals surface area contributed by atoms with E-state index in [0.29, 0.717) is 30.9 Å². The number of fused-ring (bicyclic) bond motifs is 1. The van der Waals surface area contributed by atoms with Crippen molar-refractivity contribution in [2.24, 2.45) is 5.92 Å². The minimum absolute atomic E-state index is 0.0121. The molecular weight excluding hydrogens is 678 g/mol. The summed E-state index contributed by atoms with van der Waals surface area (Å²) in [5.74, 6) is -1.51. The van der Waals surface area contributed by atoms with Gasteiger partial charge in [-0.15, -0.1) is 0 Å². The molecule has 1 unspecified atom stereocenters. The van der Waals surface area contributed by atoms with Crippen LogP contribution < -0.4 is 10.6 Å². The second-order valence-electron chi connectivity index (χ2n) is 15.3. The van der Waals surface area contributed by atoms with Crippen molar-refractivity contribution in [1.82, 2.24) is 24.9 Å². The zero-order chi connectivity index (χ0) is 37.2.